The van der Waals surface area contributed by atoms with E-state index < -0.39 is 10.1 Å². The summed E-state index contributed by atoms with van der Waals surface area (Å²) in [7, 11) is -3.41. The molecule has 118 valence electrons. The highest BCUT2D eigenvalue weighted by atomic mass is 32.2. The first-order valence-electron chi connectivity index (χ1n) is 7.35. The third-order valence-electron chi connectivity index (χ3n) is 4.16. The molecule has 1 aromatic heterocycles. The zero-order valence-electron chi connectivity index (χ0n) is 12.3. The molecule has 0 spiro atoms. The van der Waals surface area contributed by atoms with Crippen LogP contribution in [0.4, 0.5) is 4.39 Å². The molecular formula is C16H18FNO3S. The smallest absolute Gasteiger partial charge is 0.264 e. The molecule has 1 fully saturated rings. The Hall–Kier alpha value is -1.53. The Kier molecular flexibility index (Phi) is 4.14. The second-order valence-corrected chi connectivity index (χ2v) is 7.44. The third-order valence-corrected chi connectivity index (χ3v) is 4.78. The van der Waals surface area contributed by atoms with E-state index in [2.05, 4.69) is 4.98 Å². The molecule has 1 aromatic carbocycles. The molecule has 6 heteroatoms. The molecule has 0 radical (unpaired) electrons. The average molecular weight is 323 g/mol. The number of hydrogen-bond donors (Lipinski definition) is 0. The summed E-state index contributed by atoms with van der Waals surface area (Å²) in [5.74, 6) is 0.0163. The van der Waals surface area contributed by atoms with Crippen LogP contribution < -0.4 is 0 Å². The monoisotopic (exact) mass is 323 g/mol. The second-order valence-electron chi connectivity index (χ2n) is 5.84. The van der Waals surface area contributed by atoms with Gasteiger partial charge in [-0.3, -0.25) is 9.17 Å². The first-order chi connectivity index (χ1) is 10.4. The molecule has 1 aliphatic carbocycles. The largest absolute Gasteiger partial charge is 0.267 e. The summed E-state index contributed by atoms with van der Waals surface area (Å²) in [6.07, 6.45) is 5.63. The predicted octanol–water partition coefficient (Wildman–Crippen LogP) is 3.38. The predicted molar refractivity (Wildman–Crippen MR) is 82.6 cm³/mol. The van der Waals surface area contributed by atoms with Gasteiger partial charge in [0.1, 0.15) is 5.82 Å². The Morgan fingerprint density at radius 2 is 1.91 bits per heavy atom. The highest BCUT2D eigenvalue weighted by molar-refractivity contribution is 7.86. The minimum atomic E-state index is -3.41. The fourth-order valence-electron chi connectivity index (χ4n) is 3.21. The van der Waals surface area contributed by atoms with Crippen molar-refractivity contribution in [1.82, 2.24) is 4.98 Å². The van der Waals surface area contributed by atoms with Crippen molar-refractivity contribution in [3.63, 3.8) is 0 Å². The summed E-state index contributed by atoms with van der Waals surface area (Å²) < 4.78 is 41.0. The number of fused-ring (bicyclic) bond motifs is 1. The van der Waals surface area contributed by atoms with E-state index in [0.717, 1.165) is 35.6 Å². The van der Waals surface area contributed by atoms with Gasteiger partial charge in [-0.15, -0.1) is 0 Å². The molecule has 1 heterocycles. The topological polar surface area (TPSA) is 56.3 Å². The van der Waals surface area contributed by atoms with Crippen molar-refractivity contribution in [3.05, 3.63) is 41.8 Å². The second kappa shape index (κ2) is 5.93. The number of pyridine rings is 1. The Morgan fingerprint density at radius 3 is 2.59 bits per heavy atom. The van der Waals surface area contributed by atoms with E-state index in [1.165, 1.54) is 12.1 Å². The molecule has 22 heavy (non-hydrogen) atoms. The molecule has 0 saturated heterocycles. The van der Waals surface area contributed by atoms with Crippen LogP contribution in [0.2, 0.25) is 0 Å². The number of halogens is 1. The summed E-state index contributed by atoms with van der Waals surface area (Å²) in [6, 6.07) is 6.56. The first-order valence-corrected chi connectivity index (χ1v) is 9.16. The maximum absolute atomic E-state index is 13.5. The Labute approximate surface area is 129 Å². The van der Waals surface area contributed by atoms with Crippen LogP contribution in [0.1, 0.15) is 37.2 Å². The van der Waals surface area contributed by atoms with Crippen molar-refractivity contribution < 1.29 is 17.0 Å². The molecule has 0 atom stereocenters. The van der Waals surface area contributed by atoms with Crippen LogP contribution in [0.15, 0.2) is 30.5 Å². The first kappa shape index (κ1) is 15.4. The van der Waals surface area contributed by atoms with E-state index in [1.807, 2.05) is 6.07 Å². The van der Waals surface area contributed by atoms with Gasteiger partial charge >= 0.3 is 0 Å². The van der Waals surface area contributed by atoms with Gasteiger partial charge in [-0.1, -0.05) is 0 Å². The van der Waals surface area contributed by atoms with Gasteiger partial charge in [-0.2, -0.15) is 8.42 Å². The summed E-state index contributed by atoms with van der Waals surface area (Å²) >= 11 is 0. The lowest BCUT2D eigenvalue weighted by molar-refractivity contribution is 0.155. The minimum Gasteiger partial charge on any atom is -0.267 e. The van der Waals surface area contributed by atoms with Crippen molar-refractivity contribution >= 4 is 21.0 Å². The minimum absolute atomic E-state index is 0.240. The molecule has 1 aliphatic rings. The average Bonchev–Trinajstić information content (AvgIpc) is 2.46. The summed E-state index contributed by atoms with van der Waals surface area (Å²) in [5.41, 5.74) is 1.87. The van der Waals surface area contributed by atoms with E-state index in [4.69, 9.17) is 4.18 Å². The molecule has 0 bridgehead atoms. The Morgan fingerprint density at radius 1 is 1.18 bits per heavy atom. The lowest BCUT2D eigenvalue weighted by Crippen LogP contribution is -2.23. The van der Waals surface area contributed by atoms with Gasteiger partial charge in [0.2, 0.25) is 0 Å². The van der Waals surface area contributed by atoms with Crippen LogP contribution in [0.25, 0.3) is 10.9 Å². The van der Waals surface area contributed by atoms with Crippen molar-refractivity contribution in [1.29, 1.82) is 0 Å². The van der Waals surface area contributed by atoms with Crippen molar-refractivity contribution in [2.75, 3.05) is 6.26 Å². The highest BCUT2D eigenvalue weighted by Gasteiger charge is 2.26. The van der Waals surface area contributed by atoms with Crippen LogP contribution in [0.5, 0.6) is 0 Å². The quantitative estimate of drug-likeness (QED) is 0.813. The number of benzene rings is 1. The van der Waals surface area contributed by atoms with E-state index in [1.54, 1.807) is 12.3 Å². The van der Waals surface area contributed by atoms with Crippen molar-refractivity contribution in [3.8, 4) is 0 Å². The third kappa shape index (κ3) is 3.44. The number of aromatic nitrogens is 1. The van der Waals surface area contributed by atoms with Crippen LogP contribution >= 0.6 is 0 Å². The standard InChI is InChI=1S/C16H18FNO3S/c1-22(19,20)21-13-5-2-11(3-6-13)14-8-9-18-16-7-4-12(17)10-15(14)16/h4,7-11,13H,2-3,5-6H2,1H3/t11-,13-. The van der Waals surface area contributed by atoms with Gasteiger partial charge in [-0.05, 0) is 61.4 Å². The molecule has 3 rings (SSSR count). The summed E-state index contributed by atoms with van der Waals surface area (Å²) in [6.45, 7) is 0. The maximum atomic E-state index is 13.5. The van der Waals surface area contributed by atoms with E-state index in [-0.39, 0.29) is 17.8 Å². The van der Waals surface area contributed by atoms with E-state index in [9.17, 15) is 12.8 Å². The SMILES string of the molecule is CS(=O)(=O)O[C@H]1CC[C@H](c2ccnc3ccc(F)cc32)CC1. The normalized spacial score (nSPS) is 22.8. The Balaban J connectivity index is 1.81. The van der Waals surface area contributed by atoms with Crippen LogP contribution in [0.3, 0.4) is 0 Å². The number of nitrogens with zero attached hydrogens (tertiary/aromatic N) is 1. The van der Waals surface area contributed by atoms with Crippen LogP contribution in [-0.4, -0.2) is 25.8 Å². The van der Waals surface area contributed by atoms with Gasteiger partial charge < -0.3 is 0 Å². The van der Waals surface area contributed by atoms with Gasteiger partial charge in [0.05, 0.1) is 17.9 Å². The summed E-state index contributed by atoms with van der Waals surface area (Å²) in [4.78, 5) is 4.27. The van der Waals surface area contributed by atoms with Crippen LogP contribution in [-0.2, 0) is 14.3 Å². The molecule has 1 saturated carbocycles. The zero-order valence-corrected chi connectivity index (χ0v) is 13.1. The molecule has 0 unspecified atom stereocenters. The zero-order chi connectivity index (χ0) is 15.7. The maximum Gasteiger partial charge on any atom is 0.264 e. The van der Waals surface area contributed by atoms with Gasteiger partial charge in [-0.25, -0.2) is 4.39 Å². The van der Waals surface area contributed by atoms with Crippen molar-refractivity contribution in [2.45, 2.75) is 37.7 Å². The molecular weight excluding hydrogens is 305 g/mol. The molecule has 4 nitrogen and oxygen atoms in total. The molecule has 2 aromatic rings. The van der Waals surface area contributed by atoms with E-state index in [0.29, 0.717) is 12.8 Å². The fourth-order valence-corrected chi connectivity index (χ4v) is 3.90. The molecule has 0 N–H and O–H groups in total. The molecule has 0 amide bonds. The van der Waals surface area contributed by atoms with Crippen LogP contribution in [0, 0.1) is 5.82 Å². The summed E-state index contributed by atoms with van der Waals surface area (Å²) in [5, 5.41) is 0.843. The highest BCUT2D eigenvalue weighted by Crippen LogP contribution is 2.37. The van der Waals surface area contributed by atoms with E-state index >= 15 is 0 Å². The molecule has 0 aliphatic heterocycles. The number of hydrogen-bond acceptors (Lipinski definition) is 4. The Bertz CT molecular complexity index is 783. The van der Waals surface area contributed by atoms with Gasteiger partial charge in [0.15, 0.2) is 0 Å². The van der Waals surface area contributed by atoms with Gasteiger partial charge in [0.25, 0.3) is 10.1 Å². The van der Waals surface area contributed by atoms with Crippen molar-refractivity contribution in [2.24, 2.45) is 0 Å². The lowest BCUT2D eigenvalue weighted by Gasteiger charge is -2.28. The van der Waals surface area contributed by atoms with Gasteiger partial charge in [0, 0.05) is 11.6 Å². The number of rotatable bonds is 3. The lowest BCUT2D eigenvalue weighted by atomic mass is 9.81. The fraction of sp³-hybridized carbons (Fsp3) is 0.438.